The molecule has 1 aromatic rings. The summed E-state index contributed by atoms with van der Waals surface area (Å²) in [5.41, 5.74) is 0.628. The van der Waals surface area contributed by atoms with Gasteiger partial charge in [-0.05, 0) is 37.5 Å². The van der Waals surface area contributed by atoms with Gasteiger partial charge in [-0.25, -0.2) is 0 Å². The Morgan fingerprint density at radius 3 is 2.82 bits per heavy atom. The standard InChI is InChI=1S/C23H26ClN3O6S/c1-3-32-17-7-6-13(9-16(17)24)19-15(10-25)22(27-21(29)20(19)23(30)31-2)34-12-18(28)26-11-14-5-4-8-33-14/h6-7,9,14,19-20H,3-5,8,11-12H2,1-2H3,(H,26,28)(H,27,29)/t14-,19+,20+/m0/s1. The minimum absolute atomic E-state index is 0.00632. The van der Waals surface area contributed by atoms with Crippen LogP contribution in [0.5, 0.6) is 5.75 Å². The van der Waals surface area contributed by atoms with Gasteiger partial charge in [-0.3, -0.25) is 14.4 Å². The van der Waals surface area contributed by atoms with Crippen LogP contribution in [0, 0.1) is 17.2 Å². The molecule has 0 spiro atoms. The zero-order valence-corrected chi connectivity index (χ0v) is 20.5. The summed E-state index contributed by atoms with van der Waals surface area (Å²) in [5.74, 6) is -3.45. The first-order valence-corrected chi connectivity index (χ1v) is 12.2. The Morgan fingerprint density at radius 1 is 1.41 bits per heavy atom. The highest BCUT2D eigenvalue weighted by Crippen LogP contribution is 2.42. The lowest BCUT2D eigenvalue weighted by molar-refractivity contribution is -0.150. The summed E-state index contributed by atoms with van der Waals surface area (Å²) in [6, 6.07) is 6.96. The Kier molecular flexibility index (Phi) is 9.21. The van der Waals surface area contributed by atoms with E-state index in [0.717, 1.165) is 24.6 Å². The smallest absolute Gasteiger partial charge is 0.319 e. The molecule has 0 bridgehead atoms. The molecule has 0 aliphatic carbocycles. The lowest BCUT2D eigenvalue weighted by Gasteiger charge is -2.31. The van der Waals surface area contributed by atoms with Gasteiger partial charge in [-0.1, -0.05) is 29.4 Å². The van der Waals surface area contributed by atoms with E-state index in [-0.39, 0.29) is 33.4 Å². The molecule has 0 aromatic heterocycles. The van der Waals surface area contributed by atoms with E-state index in [1.807, 2.05) is 6.92 Å². The van der Waals surface area contributed by atoms with Crippen molar-refractivity contribution in [2.45, 2.75) is 31.8 Å². The Bertz CT molecular complexity index is 1020. The summed E-state index contributed by atoms with van der Waals surface area (Å²) in [4.78, 5) is 37.7. The monoisotopic (exact) mass is 507 g/mol. The minimum Gasteiger partial charge on any atom is -0.492 e. The van der Waals surface area contributed by atoms with Crippen molar-refractivity contribution in [3.05, 3.63) is 39.4 Å². The van der Waals surface area contributed by atoms with Gasteiger partial charge in [-0.2, -0.15) is 5.26 Å². The summed E-state index contributed by atoms with van der Waals surface area (Å²) in [7, 11) is 1.18. The highest BCUT2D eigenvalue weighted by atomic mass is 35.5. The van der Waals surface area contributed by atoms with Crippen LogP contribution in [0.1, 0.15) is 31.2 Å². The van der Waals surface area contributed by atoms with Gasteiger partial charge in [0.25, 0.3) is 0 Å². The minimum atomic E-state index is -1.29. The average molecular weight is 508 g/mol. The Balaban J connectivity index is 1.86. The fraction of sp³-hybridized carbons (Fsp3) is 0.478. The summed E-state index contributed by atoms with van der Waals surface area (Å²) >= 11 is 7.36. The maximum atomic E-state index is 12.9. The lowest BCUT2D eigenvalue weighted by atomic mass is 9.78. The van der Waals surface area contributed by atoms with E-state index in [1.165, 1.54) is 7.11 Å². The number of amides is 2. The van der Waals surface area contributed by atoms with E-state index in [1.54, 1.807) is 18.2 Å². The molecule has 1 saturated heterocycles. The second-order valence-corrected chi connectivity index (χ2v) is 9.07. The molecule has 1 fully saturated rings. The SMILES string of the molecule is CCOc1ccc([C@@H]2C(C#N)=C(SCC(=O)NC[C@@H]3CCCO3)NC(=O)[C@@H]2C(=O)OC)cc1Cl. The van der Waals surface area contributed by atoms with Crippen LogP contribution in [-0.4, -0.2) is 56.5 Å². The maximum absolute atomic E-state index is 12.9. The number of halogens is 1. The highest BCUT2D eigenvalue weighted by Gasteiger charge is 2.44. The summed E-state index contributed by atoms with van der Waals surface area (Å²) in [6.07, 6.45) is 1.87. The molecule has 2 amide bonds. The number of nitrogens with zero attached hydrogens (tertiary/aromatic N) is 1. The predicted octanol–water partition coefficient (Wildman–Crippen LogP) is 2.50. The number of benzene rings is 1. The first-order valence-electron chi connectivity index (χ1n) is 10.9. The number of rotatable bonds is 9. The van der Waals surface area contributed by atoms with Gasteiger partial charge in [0.2, 0.25) is 11.8 Å². The molecule has 34 heavy (non-hydrogen) atoms. The second kappa shape index (κ2) is 12.1. The molecule has 182 valence electrons. The Labute approximate surface area is 207 Å². The lowest BCUT2D eigenvalue weighted by Crippen LogP contribution is -2.44. The van der Waals surface area contributed by atoms with Crippen molar-refractivity contribution in [2.75, 3.05) is 32.6 Å². The number of hydrogen-bond donors (Lipinski definition) is 2. The highest BCUT2D eigenvalue weighted by molar-refractivity contribution is 8.03. The topological polar surface area (TPSA) is 127 Å². The van der Waals surface area contributed by atoms with Crippen LogP contribution in [-0.2, 0) is 23.9 Å². The predicted molar refractivity (Wildman–Crippen MR) is 126 cm³/mol. The fourth-order valence-corrected chi connectivity index (χ4v) is 5.01. The fourth-order valence-electron chi connectivity index (χ4n) is 3.88. The van der Waals surface area contributed by atoms with Crippen LogP contribution >= 0.6 is 23.4 Å². The number of carbonyl (C=O) groups excluding carboxylic acids is 3. The molecule has 2 aliphatic rings. The third-order valence-corrected chi connectivity index (χ3v) is 6.81. The summed E-state index contributed by atoms with van der Waals surface area (Å²) in [6.45, 7) is 3.33. The van der Waals surface area contributed by atoms with E-state index < -0.39 is 23.7 Å². The van der Waals surface area contributed by atoms with Crippen molar-refractivity contribution in [3.63, 3.8) is 0 Å². The Morgan fingerprint density at radius 2 is 2.21 bits per heavy atom. The number of nitriles is 1. The third kappa shape index (κ3) is 6.03. The van der Waals surface area contributed by atoms with Crippen LogP contribution in [0.3, 0.4) is 0 Å². The number of methoxy groups -OCH3 is 1. The van der Waals surface area contributed by atoms with E-state index >= 15 is 0 Å². The quantitative estimate of drug-likeness (QED) is 0.385. The van der Waals surface area contributed by atoms with Gasteiger partial charge < -0.3 is 24.8 Å². The second-order valence-electron chi connectivity index (χ2n) is 7.67. The van der Waals surface area contributed by atoms with E-state index in [9.17, 15) is 19.6 Å². The van der Waals surface area contributed by atoms with Crippen LogP contribution in [0.2, 0.25) is 5.02 Å². The van der Waals surface area contributed by atoms with Gasteiger partial charge >= 0.3 is 5.97 Å². The first-order chi connectivity index (χ1) is 16.4. The molecule has 0 saturated carbocycles. The largest absolute Gasteiger partial charge is 0.492 e. The number of ether oxygens (including phenoxy) is 3. The van der Waals surface area contributed by atoms with Crippen molar-refractivity contribution in [1.82, 2.24) is 10.6 Å². The molecule has 3 atom stereocenters. The van der Waals surface area contributed by atoms with Gasteiger partial charge in [-0.15, -0.1) is 0 Å². The third-order valence-electron chi connectivity index (χ3n) is 5.50. The summed E-state index contributed by atoms with van der Waals surface area (Å²) < 4.78 is 15.8. The molecule has 2 N–H and O–H groups in total. The maximum Gasteiger partial charge on any atom is 0.319 e. The molecular formula is C23H26ClN3O6S. The number of thioether (sulfide) groups is 1. The Hall–Kier alpha value is -2.74. The van der Waals surface area contributed by atoms with Crippen LogP contribution in [0.4, 0.5) is 0 Å². The van der Waals surface area contributed by atoms with Crippen molar-refractivity contribution < 1.29 is 28.6 Å². The molecule has 3 rings (SSSR count). The molecule has 11 heteroatoms. The van der Waals surface area contributed by atoms with Crippen molar-refractivity contribution in [3.8, 4) is 11.8 Å². The zero-order chi connectivity index (χ0) is 24.7. The summed E-state index contributed by atoms with van der Waals surface area (Å²) in [5, 5.41) is 15.9. The molecule has 2 aliphatic heterocycles. The van der Waals surface area contributed by atoms with Crippen molar-refractivity contribution in [1.29, 1.82) is 5.26 Å². The van der Waals surface area contributed by atoms with Gasteiger partial charge in [0.1, 0.15) is 11.7 Å². The van der Waals surface area contributed by atoms with Crippen molar-refractivity contribution in [2.24, 2.45) is 5.92 Å². The van der Waals surface area contributed by atoms with Crippen LogP contribution < -0.4 is 15.4 Å². The number of esters is 1. The molecule has 2 heterocycles. The zero-order valence-electron chi connectivity index (χ0n) is 18.9. The van der Waals surface area contributed by atoms with Gasteiger partial charge in [0.05, 0.1) is 47.3 Å². The number of nitrogens with one attached hydrogen (secondary N) is 2. The average Bonchev–Trinajstić information content (AvgIpc) is 3.35. The van der Waals surface area contributed by atoms with Gasteiger partial charge in [0.15, 0.2) is 0 Å². The number of allylic oxidation sites excluding steroid dienone is 1. The molecular weight excluding hydrogens is 482 g/mol. The van der Waals surface area contributed by atoms with E-state index in [0.29, 0.717) is 31.1 Å². The molecule has 0 unspecified atom stereocenters. The number of hydrogen-bond acceptors (Lipinski definition) is 8. The van der Waals surface area contributed by atoms with Crippen molar-refractivity contribution >= 4 is 41.1 Å². The van der Waals surface area contributed by atoms with E-state index in [2.05, 4.69) is 16.7 Å². The molecule has 1 aromatic carbocycles. The molecule has 9 nitrogen and oxygen atoms in total. The van der Waals surface area contributed by atoms with Gasteiger partial charge in [0, 0.05) is 19.1 Å². The van der Waals surface area contributed by atoms with Crippen LogP contribution in [0.25, 0.3) is 0 Å². The van der Waals surface area contributed by atoms with Crippen LogP contribution in [0.15, 0.2) is 28.8 Å². The van der Waals surface area contributed by atoms with E-state index in [4.69, 9.17) is 25.8 Å². The molecule has 0 radical (unpaired) electrons. The first kappa shape index (κ1) is 25.9. The number of carbonyl (C=O) groups is 3. The normalized spacial score (nSPS) is 22.1.